The zero-order chi connectivity index (χ0) is 21.0. The highest BCUT2D eigenvalue weighted by molar-refractivity contribution is 5.92. The first-order valence-electron chi connectivity index (χ1n) is 9.51. The van der Waals surface area contributed by atoms with Crippen molar-refractivity contribution in [3.63, 3.8) is 0 Å². The van der Waals surface area contributed by atoms with Crippen LogP contribution >= 0.6 is 0 Å². The third-order valence-corrected chi connectivity index (χ3v) is 4.82. The van der Waals surface area contributed by atoms with Crippen molar-refractivity contribution in [1.29, 1.82) is 0 Å². The van der Waals surface area contributed by atoms with Crippen LogP contribution in [-0.4, -0.2) is 28.8 Å². The molecule has 1 aromatic heterocycles. The third-order valence-electron chi connectivity index (χ3n) is 4.82. The van der Waals surface area contributed by atoms with Gasteiger partial charge in [0.15, 0.2) is 0 Å². The number of methoxy groups -OCH3 is 1. The summed E-state index contributed by atoms with van der Waals surface area (Å²) in [6.45, 7) is 4.38. The summed E-state index contributed by atoms with van der Waals surface area (Å²) in [4.78, 5) is 38.5. The number of para-hydroxylation sites is 1. The highest BCUT2D eigenvalue weighted by Gasteiger charge is 2.15. The van der Waals surface area contributed by atoms with Crippen LogP contribution in [0, 0.1) is 13.8 Å². The summed E-state index contributed by atoms with van der Waals surface area (Å²) < 4.78 is 7.55. The largest absolute Gasteiger partial charge is 0.385 e. The van der Waals surface area contributed by atoms with E-state index in [0.717, 1.165) is 11.1 Å². The Morgan fingerprint density at radius 1 is 1.07 bits per heavy atom. The number of fused-ring (bicyclic) bond motifs is 1. The number of benzene rings is 2. The second-order valence-electron chi connectivity index (χ2n) is 7.06. The van der Waals surface area contributed by atoms with Crippen molar-refractivity contribution in [2.75, 3.05) is 19.0 Å². The molecule has 3 aromatic rings. The second-order valence-corrected chi connectivity index (χ2v) is 7.06. The maximum atomic E-state index is 13.0. The average molecular weight is 395 g/mol. The van der Waals surface area contributed by atoms with Gasteiger partial charge in [-0.15, -0.1) is 0 Å². The van der Waals surface area contributed by atoms with Crippen LogP contribution in [0.15, 0.2) is 52.1 Å². The maximum absolute atomic E-state index is 13.0. The molecule has 0 spiro atoms. The number of aromatic nitrogens is 2. The van der Waals surface area contributed by atoms with Gasteiger partial charge in [-0.1, -0.05) is 29.8 Å². The summed E-state index contributed by atoms with van der Waals surface area (Å²) in [5.74, 6) is -0.328. The van der Waals surface area contributed by atoms with Crippen molar-refractivity contribution in [1.82, 2.24) is 9.13 Å². The molecule has 0 atom stereocenters. The first kappa shape index (κ1) is 20.5. The van der Waals surface area contributed by atoms with E-state index in [1.165, 1.54) is 9.13 Å². The lowest BCUT2D eigenvalue weighted by Crippen LogP contribution is -2.42. The highest BCUT2D eigenvalue weighted by atomic mass is 16.5. The molecule has 0 bridgehead atoms. The summed E-state index contributed by atoms with van der Waals surface area (Å²) >= 11 is 0. The number of nitrogens with one attached hydrogen (secondary N) is 1. The standard InChI is InChI=1S/C22H25N3O4/c1-15-9-10-18(16(2)13-15)23-20(26)14-25-19-8-5-4-7-17(19)21(27)24(22(25)28)11-6-12-29-3/h4-5,7-10,13H,6,11-12,14H2,1-3H3,(H,23,26). The molecule has 0 aliphatic rings. The fourth-order valence-corrected chi connectivity index (χ4v) is 3.38. The molecule has 0 saturated carbocycles. The highest BCUT2D eigenvalue weighted by Crippen LogP contribution is 2.16. The van der Waals surface area contributed by atoms with Crippen LogP contribution in [0.5, 0.6) is 0 Å². The lowest BCUT2D eigenvalue weighted by Gasteiger charge is -2.15. The number of carbonyl (C=O) groups is 1. The quantitative estimate of drug-likeness (QED) is 0.623. The Hall–Kier alpha value is -3.19. The number of ether oxygens (including phenoxy) is 1. The molecular formula is C22H25N3O4. The molecule has 0 saturated heterocycles. The van der Waals surface area contributed by atoms with E-state index in [1.807, 2.05) is 32.0 Å². The number of hydrogen-bond donors (Lipinski definition) is 1. The molecule has 2 aromatic carbocycles. The van der Waals surface area contributed by atoms with Gasteiger partial charge in [-0.05, 0) is 44.0 Å². The van der Waals surface area contributed by atoms with Gasteiger partial charge in [-0.3, -0.25) is 18.7 Å². The smallest absolute Gasteiger partial charge is 0.331 e. The minimum absolute atomic E-state index is 0.183. The van der Waals surface area contributed by atoms with Crippen LogP contribution in [0.4, 0.5) is 5.69 Å². The van der Waals surface area contributed by atoms with Gasteiger partial charge in [0, 0.05) is 25.9 Å². The summed E-state index contributed by atoms with van der Waals surface area (Å²) in [5.41, 5.74) is 2.34. The van der Waals surface area contributed by atoms with Gasteiger partial charge in [-0.2, -0.15) is 0 Å². The van der Waals surface area contributed by atoms with Crippen molar-refractivity contribution >= 4 is 22.5 Å². The van der Waals surface area contributed by atoms with Crippen molar-refractivity contribution in [2.24, 2.45) is 0 Å². The summed E-state index contributed by atoms with van der Waals surface area (Å²) in [7, 11) is 1.57. The van der Waals surface area contributed by atoms with Gasteiger partial charge in [0.05, 0.1) is 10.9 Å². The maximum Gasteiger partial charge on any atom is 0.331 e. The molecule has 1 heterocycles. The molecule has 0 fully saturated rings. The van der Waals surface area contributed by atoms with Crippen molar-refractivity contribution in [3.8, 4) is 0 Å². The Labute approximate surface area is 168 Å². The van der Waals surface area contributed by atoms with E-state index in [2.05, 4.69) is 5.32 Å². The number of amides is 1. The third kappa shape index (κ3) is 4.46. The molecule has 7 heteroatoms. The van der Waals surface area contributed by atoms with E-state index in [0.29, 0.717) is 29.6 Å². The van der Waals surface area contributed by atoms with Crippen molar-refractivity contribution < 1.29 is 9.53 Å². The van der Waals surface area contributed by atoms with E-state index in [1.54, 1.807) is 31.4 Å². The molecule has 152 valence electrons. The zero-order valence-corrected chi connectivity index (χ0v) is 16.9. The number of aryl methyl sites for hydroxylation is 2. The molecule has 3 rings (SSSR count). The van der Waals surface area contributed by atoms with E-state index in [4.69, 9.17) is 4.74 Å². The second kappa shape index (κ2) is 8.87. The summed E-state index contributed by atoms with van der Waals surface area (Å²) in [6, 6.07) is 12.6. The normalized spacial score (nSPS) is 11.0. The molecule has 29 heavy (non-hydrogen) atoms. The van der Waals surface area contributed by atoms with Gasteiger partial charge in [-0.25, -0.2) is 4.79 Å². The molecule has 0 radical (unpaired) electrons. The van der Waals surface area contributed by atoms with Gasteiger partial charge in [0.2, 0.25) is 5.91 Å². The predicted molar refractivity (Wildman–Crippen MR) is 114 cm³/mol. The molecule has 7 nitrogen and oxygen atoms in total. The van der Waals surface area contributed by atoms with Gasteiger partial charge in [0.1, 0.15) is 6.54 Å². The van der Waals surface area contributed by atoms with Gasteiger partial charge >= 0.3 is 5.69 Å². The molecule has 0 unspecified atom stereocenters. The minimum Gasteiger partial charge on any atom is -0.385 e. The summed E-state index contributed by atoms with van der Waals surface area (Å²) in [5, 5.41) is 3.26. The van der Waals surface area contributed by atoms with Crippen LogP contribution in [0.25, 0.3) is 10.9 Å². The van der Waals surface area contributed by atoms with E-state index >= 15 is 0 Å². The molecular weight excluding hydrogens is 370 g/mol. The molecule has 0 aliphatic heterocycles. The average Bonchev–Trinajstić information content (AvgIpc) is 2.70. The van der Waals surface area contributed by atoms with Crippen LogP contribution in [0.1, 0.15) is 17.5 Å². The Balaban J connectivity index is 1.98. The van der Waals surface area contributed by atoms with Gasteiger partial charge < -0.3 is 10.1 Å². The fraction of sp³-hybridized carbons (Fsp3) is 0.318. The monoisotopic (exact) mass is 395 g/mol. The Kier molecular flexibility index (Phi) is 6.29. The van der Waals surface area contributed by atoms with E-state index in [9.17, 15) is 14.4 Å². The SMILES string of the molecule is COCCCn1c(=O)c2ccccc2n(CC(=O)Nc2ccc(C)cc2C)c1=O. The fourth-order valence-electron chi connectivity index (χ4n) is 3.38. The van der Waals surface area contributed by atoms with E-state index in [-0.39, 0.29) is 24.6 Å². The Bertz CT molecular complexity index is 1160. The predicted octanol–water partition coefficient (Wildman–Crippen LogP) is 2.46. The number of nitrogens with zero attached hydrogens (tertiary/aromatic N) is 2. The molecule has 1 amide bonds. The Morgan fingerprint density at radius 2 is 1.83 bits per heavy atom. The Morgan fingerprint density at radius 3 is 2.55 bits per heavy atom. The number of hydrogen-bond acceptors (Lipinski definition) is 4. The number of rotatable bonds is 7. The molecule has 1 N–H and O–H groups in total. The van der Waals surface area contributed by atoms with Gasteiger partial charge in [0.25, 0.3) is 5.56 Å². The van der Waals surface area contributed by atoms with Crippen LogP contribution in [0.3, 0.4) is 0 Å². The van der Waals surface area contributed by atoms with Crippen molar-refractivity contribution in [3.05, 3.63) is 74.4 Å². The van der Waals surface area contributed by atoms with Crippen LogP contribution in [0.2, 0.25) is 0 Å². The van der Waals surface area contributed by atoms with Crippen LogP contribution < -0.4 is 16.6 Å². The van der Waals surface area contributed by atoms with E-state index < -0.39 is 5.69 Å². The first-order valence-corrected chi connectivity index (χ1v) is 9.51. The van der Waals surface area contributed by atoms with Crippen LogP contribution in [-0.2, 0) is 22.6 Å². The summed E-state index contributed by atoms with van der Waals surface area (Å²) in [6.07, 6.45) is 0.527. The lowest BCUT2D eigenvalue weighted by molar-refractivity contribution is -0.116. The number of anilines is 1. The first-order chi connectivity index (χ1) is 13.9. The van der Waals surface area contributed by atoms with Crippen molar-refractivity contribution in [2.45, 2.75) is 33.4 Å². The topological polar surface area (TPSA) is 82.3 Å². The molecule has 0 aliphatic carbocycles. The number of carbonyl (C=O) groups excluding carboxylic acids is 1. The zero-order valence-electron chi connectivity index (χ0n) is 16.9. The lowest BCUT2D eigenvalue weighted by atomic mass is 10.1. The minimum atomic E-state index is -0.499.